The Hall–Kier alpha value is -2.12. The summed E-state index contributed by atoms with van der Waals surface area (Å²) in [6, 6.07) is 7.40. The van der Waals surface area contributed by atoms with Crippen LogP contribution in [0, 0.1) is 11.3 Å². The Kier molecular flexibility index (Phi) is 3.75. The molecule has 0 bridgehead atoms. The van der Waals surface area contributed by atoms with E-state index >= 15 is 0 Å². The van der Waals surface area contributed by atoms with E-state index in [9.17, 15) is 0 Å². The first kappa shape index (κ1) is 12.3. The molecule has 5 heteroatoms. The molecule has 0 saturated carbocycles. The number of hydrogen-bond acceptors (Lipinski definition) is 4. The SMILES string of the molecule is CN(Cc1cnccn1)c1ccc(Cl)cc1C#N. The fourth-order valence-electron chi connectivity index (χ4n) is 1.67. The van der Waals surface area contributed by atoms with Crippen molar-refractivity contribution >= 4 is 17.3 Å². The van der Waals surface area contributed by atoms with E-state index in [4.69, 9.17) is 16.9 Å². The molecule has 1 aromatic heterocycles. The summed E-state index contributed by atoms with van der Waals surface area (Å²) in [5, 5.41) is 9.65. The van der Waals surface area contributed by atoms with Gasteiger partial charge in [0.25, 0.3) is 0 Å². The van der Waals surface area contributed by atoms with Crippen molar-refractivity contribution in [2.45, 2.75) is 6.54 Å². The lowest BCUT2D eigenvalue weighted by molar-refractivity contribution is 0.872. The molecule has 0 atom stereocenters. The van der Waals surface area contributed by atoms with Gasteiger partial charge in [0, 0.05) is 24.5 Å². The Bertz CT molecular complexity index is 577. The number of hydrogen-bond donors (Lipinski definition) is 0. The highest BCUT2D eigenvalue weighted by molar-refractivity contribution is 6.30. The van der Waals surface area contributed by atoms with E-state index in [0.29, 0.717) is 17.1 Å². The van der Waals surface area contributed by atoms with Crippen molar-refractivity contribution < 1.29 is 0 Å². The van der Waals surface area contributed by atoms with Gasteiger partial charge in [-0.15, -0.1) is 0 Å². The molecule has 0 amide bonds. The van der Waals surface area contributed by atoms with Gasteiger partial charge in [-0.2, -0.15) is 5.26 Å². The van der Waals surface area contributed by atoms with Gasteiger partial charge in [0.2, 0.25) is 0 Å². The molecule has 4 nitrogen and oxygen atoms in total. The lowest BCUT2D eigenvalue weighted by atomic mass is 10.2. The first-order chi connectivity index (χ1) is 8.70. The van der Waals surface area contributed by atoms with Crippen LogP contribution in [0.15, 0.2) is 36.8 Å². The maximum atomic E-state index is 9.09. The number of rotatable bonds is 3. The topological polar surface area (TPSA) is 52.8 Å². The van der Waals surface area contributed by atoms with Gasteiger partial charge >= 0.3 is 0 Å². The van der Waals surface area contributed by atoms with Crippen LogP contribution in [-0.4, -0.2) is 17.0 Å². The first-order valence-electron chi connectivity index (χ1n) is 5.36. The molecule has 2 aromatic rings. The normalized spacial score (nSPS) is 9.83. The van der Waals surface area contributed by atoms with Gasteiger partial charge in [-0.1, -0.05) is 11.6 Å². The number of halogens is 1. The van der Waals surface area contributed by atoms with Crippen LogP contribution in [0.2, 0.25) is 5.02 Å². The second-order valence-corrected chi connectivity index (χ2v) is 4.26. The lowest BCUT2D eigenvalue weighted by Crippen LogP contribution is -2.18. The number of aromatic nitrogens is 2. The Morgan fingerprint density at radius 1 is 1.39 bits per heavy atom. The van der Waals surface area contributed by atoms with Crippen LogP contribution < -0.4 is 4.90 Å². The molecule has 0 radical (unpaired) electrons. The Labute approximate surface area is 110 Å². The van der Waals surface area contributed by atoms with Gasteiger partial charge in [0.1, 0.15) is 6.07 Å². The van der Waals surface area contributed by atoms with E-state index in [1.54, 1.807) is 30.7 Å². The van der Waals surface area contributed by atoms with Gasteiger partial charge in [0.05, 0.1) is 29.7 Å². The average Bonchev–Trinajstić information content (AvgIpc) is 2.39. The highest BCUT2D eigenvalue weighted by Gasteiger charge is 2.09. The molecule has 0 saturated heterocycles. The van der Waals surface area contributed by atoms with Gasteiger partial charge in [-0.3, -0.25) is 9.97 Å². The van der Waals surface area contributed by atoms with Crippen LogP contribution >= 0.6 is 11.6 Å². The molecular weight excluding hydrogens is 248 g/mol. The summed E-state index contributed by atoms with van der Waals surface area (Å²) in [4.78, 5) is 10.2. The molecule has 0 aliphatic rings. The number of nitriles is 1. The minimum Gasteiger partial charge on any atom is -0.368 e. The third-order valence-corrected chi connectivity index (χ3v) is 2.74. The van der Waals surface area contributed by atoms with Crippen LogP contribution in [0.5, 0.6) is 0 Å². The Morgan fingerprint density at radius 2 is 2.22 bits per heavy atom. The van der Waals surface area contributed by atoms with Crippen molar-refractivity contribution in [3.05, 3.63) is 53.1 Å². The fraction of sp³-hybridized carbons (Fsp3) is 0.154. The molecule has 1 heterocycles. The third-order valence-electron chi connectivity index (χ3n) is 2.51. The highest BCUT2D eigenvalue weighted by Crippen LogP contribution is 2.23. The van der Waals surface area contributed by atoms with Crippen LogP contribution in [0.25, 0.3) is 0 Å². The summed E-state index contributed by atoms with van der Waals surface area (Å²) in [6.07, 6.45) is 4.99. The van der Waals surface area contributed by atoms with Crippen LogP contribution in [0.1, 0.15) is 11.3 Å². The third kappa shape index (κ3) is 2.76. The Balaban J connectivity index is 2.24. The predicted octanol–water partition coefficient (Wildman–Crippen LogP) is 2.64. The summed E-state index contributed by atoms with van der Waals surface area (Å²) in [6.45, 7) is 0.587. The van der Waals surface area contributed by atoms with E-state index in [1.807, 2.05) is 18.0 Å². The predicted molar refractivity (Wildman–Crippen MR) is 70.3 cm³/mol. The molecule has 0 aliphatic carbocycles. The summed E-state index contributed by atoms with van der Waals surface area (Å²) in [5.74, 6) is 0. The monoisotopic (exact) mass is 258 g/mol. The van der Waals surface area contributed by atoms with Gasteiger partial charge in [-0.05, 0) is 18.2 Å². The van der Waals surface area contributed by atoms with E-state index in [1.165, 1.54) is 0 Å². The molecule has 2 rings (SSSR count). The second kappa shape index (κ2) is 5.48. The summed E-state index contributed by atoms with van der Waals surface area (Å²) in [7, 11) is 1.90. The molecule has 0 fully saturated rings. The van der Waals surface area contributed by atoms with Gasteiger partial charge < -0.3 is 4.90 Å². The first-order valence-corrected chi connectivity index (χ1v) is 5.74. The number of anilines is 1. The minimum atomic E-state index is 0.550. The molecular formula is C13H11ClN4. The van der Waals surface area contributed by atoms with Gasteiger partial charge in [0.15, 0.2) is 0 Å². The van der Waals surface area contributed by atoms with Crippen molar-refractivity contribution in [2.24, 2.45) is 0 Å². The minimum absolute atomic E-state index is 0.550. The average molecular weight is 259 g/mol. The van der Waals surface area contributed by atoms with Crippen LogP contribution in [0.3, 0.4) is 0 Å². The lowest BCUT2D eigenvalue weighted by Gasteiger charge is -2.19. The molecule has 0 spiro atoms. The zero-order chi connectivity index (χ0) is 13.0. The highest BCUT2D eigenvalue weighted by atomic mass is 35.5. The quantitative estimate of drug-likeness (QED) is 0.849. The fourth-order valence-corrected chi connectivity index (χ4v) is 1.84. The molecule has 0 unspecified atom stereocenters. The van der Waals surface area contributed by atoms with E-state index in [2.05, 4.69) is 16.0 Å². The summed E-state index contributed by atoms with van der Waals surface area (Å²) >= 11 is 5.87. The largest absolute Gasteiger partial charge is 0.368 e. The molecule has 18 heavy (non-hydrogen) atoms. The summed E-state index contributed by atoms with van der Waals surface area (Å²) < 4.78 is 0. The maximum absolute atomic E-state index is 9.09. The maximum Gasteiger partial charge on any atom is 0.101 e. The molecule has 0 N–H and O–H groups in total. The smallest absolute Gasteiger partial charge is 0.101 e. The van der Waals surface area contributed by atoms with E-state index in [-0.39, 0.29) is 0 Å². The second-order valence-electron chi connectivity index (χ2n) is 3.83. The molecule has 1 aromatic carbocycles. The molecule has 0 aliphatic heterocycles. The van der Waals surface area contributed by atoms with Crippen LogP contribution in [-0.2, 0) is 6.54 Å². The van der Waals surface area contributed by atoms with E-state index in [0.717, 1.165) is 11.4 Å². The zero-order valence-corrected chi connectivity index (χ0v) is 10.6. The summed E-state index contributed by atoms with van der Waals surface area (Å²) in [5.41, 5.74) is 2.22. The van der Waals surface area contributed by atoms with Crippen molar-refractivity contribution in [1.82, 2.24) is 9.97 Å². The van der Waals surface area contributed by atoms with Crippen molar-refractivity contribution in [2.75, 3.05) is 11.9 Å². The number of benzene rings is 1. The van der Waals surface area contributed by atoms with Crippen molar-refractivity contribution in [3.8, 4) is 6.07 Å². The standard InChI is InChI=1S/C13H11ClN4/c1-18(9-12-8-16-4-5-17-12)13-3-2-11(14)6-10(13)7-15/h2-6,8H,9H2,1H3. The van der Waals surface area contributed by atoms with E-state index < -0.39 is 0 Å². The molecule has 90 valence electrons. The van der Waals surface area contributed by atoms with Crippen molar-refractivity contribution in [3.63, 3.8) is 0 Å². The number of nitrogens with zero attached hydrogens (tertiary/aromatic N) is 4. The Morgan fingerprint density at radius 3 is 2.89 bits per heavy atom. The van der Waals surface area contributed by atoms with Crippen molar-refractivity contribution in [1.29, 1.82) is 5.26 Å². The van der Waals surface area contributed by atoms with Crippen LogP contribution in [0.4, 0.5) is 5.69 Å². The zero-order valence-electron chi connectivity index (χ0n) is 9.84. The van der Waals surface area contributed by atoms with Gasteiger partial charge in [-0.25, -0.2) is 0 Å².